The molecule has 2 heterocycles. The van der Waals surface area contributed by atoms with E-state index in [0.29, 0.717) is 25.7 Å². The van der Waals surface area contributed by atoms with Gasteiger partial charge in [0.15, 0.2) is 11.5 Å². The summed E-state index contributed by atoms with van der Waals surface area (Å²) in [5, 5.41) is 12.8. The van der Waals surface area contributed by atoms with Gasteiger partial charge in [0.25, 0.3) is 0 Å². The lowest BCUT2D eigenvalue weighted by Gasteiger charge is -2.33. The van der Waals surface area contributed by atoms with E-state index in [4.69, 9.17) is 9.47 Å². The molecule has 0 spiro atoms. The molecule has 6 heteroatoms. The van der Waals surface area contributed by atoms with Crippen molar-refractivity contribution in [3.63, 3.8) is 0 Å². The molecular weight excluding hydrogens is 344 g/mol. The van der Waals surface area contributed by atoms with Gasteiger partial charge in [-0.1, -0.05) is 25.8 Å². The van der Waals surface area contributed by atoms with Crippen LogP contribution in [-0.4, -0.2) is 55.4 Å². The predicted molar refractivity (Wildman–Crippen MR) is 102 cm³/mol. The molecule has 2 N–H and O–H groups in total. The number of amides is 1. The van der Waals surface area contributed by atoms with E-state index in [9.17, 15) is 9.90 Å². The lowest BCUT2D eigenvalue weighted by atomic mass is 9.87. The number of likely N-dealkylation sites (tertiary alicyclic amines) is 1. The number of nitrogens with one attached hydrogen (secondary N) is 1. The Morgan fingerprint density at radius 1 is 1.22 bits per heavy atom. The molecule has 0 aromatic heterocycles. The molecule has 2 fully saturated rings. The fourth-order valence-electron chi connectivity index (χ4n) is 4.82. The molecule has 2 aliphatic heterocycles. The number of benzene rings is 1. The first-order chi connectivity index (χ1) is 13.1. The first kappa shape index (κ1) is 18.6. The van der Waals surface area contributed by atoms with E-state index in [1.54, 1.807) is 0 Å². The molecule has 1 aromatic rings. The van der Waals surface area contributed by atoms with E-state index in [0.717, 1.165) is 55.8 Å². The Labute approximate surface area is 160 Å². The summed E-state index contributed by atoms with van der Waals surface area (Å²) in [6.45, 7) is 5.55. The van der Waals surface area contributed by atoms with Crippen molar-refractivity contribution in [3.05, 3.63) is 23.8 Å². The standard InChI is InChI=1S/C21H30N2O4/c1-15-11-23(12-16(15)14-24)13-20(25)22-21(6-2-3-7-21)17-4-5-18-19(10-17)27-9-8-26-18/h4-5,10,15-16,24H,2-3,6-9,11-14H2,1H3,(H,22,25)/t15-,16+/m1/s1. The number of aliphatic hydroxyl groups is 1. The fraction of sp³-hybridized carbons (Fsp3) is 0.667. The van der Waals surface area contributed by atoms with Crippen LogP contribution in [0.15, 0.2) is 18.2 Å². The predicted octanol–water partition coefficient (Wildman–Crippen LogP) is 1.90. The number of fused-ring (bicyclic) bond motifs is 1. The van der Waals surface area contributed by atoms with Gasteiger partial charge in [0, 0.05) is 19.7 Å². The van der Waals surface area contributed by atoms with Crippen molar-refractivity contribution < 1.29 is 19.4 Å². The van der Waals surface area contributed by atoms with Crippen molar-refractivity contribution in [1.29, 1.82) is 0 Å². The highest BCUT2D eigenvalue weighted by Crippen LogP contribution is 2.42. The Hall–Kier alpha value is -1.79. The quantitative estimate of drug-likeness (QED) is 0.824. The summed E-state index contributed by atoms with van der Waals surface area (Å²) in [5.74, 6) is 2.33. The second-order valence-electron chi connectivity index (χ2n) is 8.31. The molecule has 2 atom stereocenters. The molecule has 1 amide bonds. The molecule has 0 bridgehead atoms. The number of rotatable bonds is 5. The van der Waals surface area contributed by atoms with Crippen molar-refractivity contribution in [3.8, 4) is 11.5 Å². The van der Waals surface area contributed by atoms with Crippen LogP contribution in [0, 0.1) is 11.8 Å². The van der Waals surface area contributed by atoms with Crippen LogP contribution in [0.1, 0.15) is 38.2 Å². The first-order valence-electron chi connectivity index (χ1n) is 10.1. The normalized spacial score (nSPS) is 26.9. The van der Waals surface area contributed by atoms with Crippen LogP contribution in [0.5, 0.6) is 11.5 Å². The van der Waals surface area contributed by atoms with Gasteiger partial charge in [0.1, 0.15) is 13.2 Å². The van der Waals surface area contributed by atoms with Crippen LogP contribution in [-0.2, 0) is 10.3 Å². The summed E-state index contributed by atoms with van der Waals surface area (Å²) in [5.41, 5.74) is 0.801. The van der Waals surface area contributed by atoms with E-state index in [-0.39, 0.29) is 24.0 Å². The van der Waals surface area contributed by atoms with E-state index < -0.39 is 0 Å². The van der Waals surface area contributed by atoms with Gasteiger partial charge in [-0.05, 0) is 42.4 Å². The van der Waals surface area contributed by atoms with Crippen LogP contribution < -0.4 is 14.8 Å². The maximum atomic E-state index is 12.9. The minimum atomic E-state index is -0.311. The Balaban J connectivity index is 1.47. The molecule has 1 saturated carbocycles. The average Bonchev–Trinajstić information content (AvgIpc) is 3.28. The molecule has 4 rings (SSSR count). The largest absolute Gasteiger partial charge is 0.486 e. The van der Waals surface area contributed by atoms with Gasteiger partial charge in [0.2, 0.25) is 5.91 Å². The van der Waals surface area contributed by atoms with Gasteiger partial charge in [-0.15, -0.1) is 0 Å². The Morgan fingerprint density at radius 3 is 2.67 bits per heavy atom. The smallest absolute Gasteiger partial charge is 0.234 e. The minimum Gasteiger partial charge on any atom is -0.486 e. The molecule has 27 heavy (non-hydrogen) atoms. The van der Waals surface area contributed by atoms with Crippen LogP contribution in [0.2, 0.25) is 0 Å². The van der Waals surface area contributed by atoms with E-state index >= 15 is 0 Å². The van der Waals surface area contributed by atoms with Crippen LogP contribution in [0.4, 0.5) is 0 Å². The van der Waals surface area contributed by atoms with E-state index in [2.05, 4.69) is 23.2 Å². The molecule has 1 aliphatic carbocycles. The lowest BCUT2D eigenvalue weighted by molar-refractivity contribution is -0.124. The number of hydrogen-bond acceptors (Lipinski definition) is 5. The highest BCUT2D eigenvalue weighted by molar-refractivity contribution is 5.79. The van der Waals surface area contributed by atoms with Gasteiger partial charge >= 0.3 is 0 Å². The topological polar surface area (TPSA) is 71.0 Å². The summed E-state index contributed by atoms with van der Waals surface area (Å²) < 4.78 is 11.4. The van der Waals surface area contributed by atoms with Crippen LogP contribution >= 0.6 is 0 Å². The number of ether oxygens (including phenoxy) is 2. The van der Waals surface area contributed by atoms with Crippen molar-refractivity contribution in [2.75, 3.05) is 39.5 Å². The van der Waals surface area contributed by atoms with Gasteiger partial charge < -0.3 is 19.9 Å². The van der Waals surface area contributed by atoms with Gasteiger partial charge in [-0.3, -0.25) is 9.69 Å². The average molecular weight is 374 g/mol. The highest BCUT2D eigenvalue weighted by Gasteiger charge is 2.39. The number of carbonyl (C=O) groups excluding carboxylic acids is 1. The summed E-state index contributed by atoms with van der Waals surface area (Å²) in [4.78, 5) is 15.0. The van der Waals surface area contributed by atoms with Gasteiger partial charge in [0.05, 0.1) is 12.1 Å². The molecule has 148 valence electrons. The fourth-order valence-corrected chi connectivity index (χ4v) is 4.82. The Kier molecular flexibility index (Phi) is 5.28. The van der Waals surface area contributed by atoms with E-state index in [1.165, 1.54) is 0 Å². The second kappa shape index (κ2) is 7.68. The zero-order valence-electron chi connectivity index (χ0n) is 16.1. The third-order valence-electron chi connectivity index (χ3n) is 6.38. The molecule has 3 aliphatic rings. The highest BCUT2D eigenvalue weighted by atomic mass is 16.6. The maximum absolute atomic E-state index is 12.9. The van der Waals surface area contributed by atoms with Gasteiger partial charge in [-0.25, -0.2) is 0 Å². The SMILES string of the molecule is C[C@@H]1CN(CC(=O)NC2(c3ccc4c(c3)OCCO4)CCCC2)C[C@H]1CO. The summed E-state index contributed by atoms with van der Waals surface area (Å²) in [6.07, 6.45) is 4.13. The molecule has 1 aromatic carbocycles. The summed E-state index contributed by atoms with van der Waals surface area (Å²) in [6, 6.07) is 6.07. The molecular formula is C21H30N2O4. The van der Waals surface area contributed by atoms with Crippen LogP contribution in [0.3, 0.4) is 0 Å². The summed E-state index contributed by atoms with van der Waals surface area (Å²) >= 11 is 0. The number of nitrogens with zero attached hydrogens (tertiary/aromatic N) is 1. The molecule has 0 radical (unpaired) electrons. The maximum Gasteiger partial charge on any atom is 0.234 e. The monoisotopic (exact) mass is 374 g/mol. The second-order valence-corrected chi connectivity index (χ2v) is 8.31. The van der Waals surface area contributed by atoms with Crippen molar-refractivity contribution >= 4 is 5.91 Å². The molecule has 1 saturated heterocycles. The number of carbonyl (C=O) groups is 1. The Bertz CT molecular complexity index is 687. The third kappa shape index (κ3) is 3.78. The third-order valence-corrected chi connectivity index (χ3v) is 6.38. The van der Waals surface area contributed by atoms with Crippen molar-refractivity contribution in [1.82, 2.24) is 10.2 Å². The van der Waals surface area contributed by atoms with E-state index in [1.807, 2.05) is 12.1 Å². The lowest BCUT2D eigenvalue weighted by Crippen LogP contribution is -2.47. The molecule has 6 nitrogen and oxygen atoms in total. The minimum absolute atomic E-state index is 0.0672. The van der Waals surface area contributed by atoms with Crippen molar-refractivity contribution in [2.45, 2.75) is 38.1 Å². The summed E-state index contributed by atoms with van der Waals surface area (Å²) in [7, 11) is 0. The number of aliphatic hydroxyl groups excluding tert-OH is 1. The zero-order chi connectivity index (χ0) is 18.9. The van der Waals surface area contributed by atoms with Crippen LogP contribution in [0.25, 0.3) is 0 Å². The molecule has 0 unspecified atom stereocenters. The number of hydrogen-bond donors (Lipinski definition) is 2. The zero-order valence-corrected chi connectivity index (χ0v) is 16.1. The first-order valence-corrected chi connectivity index (χ1v) is 10.1. The van der Waals surface area contributed by atoms with Gasteiger partial charge in [-0.2, -0.15) is 0 Å². The Morgan fingerprint density at radius 2 is 1.96 bits per heavy atom. The van der Waals surface area contributed by atoms with Crippen molar-refractivity contribution in [2.24, 2.45) is 11.8 Å².